The van der Waals surface area contributed by atoms with E-state index in [1.165, 1.54) is 24.5 Å². The van der Waals surface area contributed by atoms with Crippen LogP contribution in [0.5, 0.6) is 5.75 Å². The molecule has 108 valence electrons. The number of nitrogens with zero attached hydrogens (tertiary/aromatic N) is 3. The smallest absolute Gasteiger partial charge is 0.405 e. The Hall–Kier alpha value is -2.34. The molecule has 0 atom stereocenters. The minimum Gasteiger partial charge on any atom is -0.405 e. The fraction of sp³-hybridized carbons (Fsp3) is 0.0833. The predicted octanol–water partition coefficient (Wildman–Crippen LogP) is 3.75. The molecule has 0 saturated carbocycles. The van der Waals surface area contributed by atoms with E-state index in [1.54, 1.807) is 0 Å². The molecule has 1 aromatic carbocycles. The molecule has 0 saturated heterocycles. The topological polar surface area (TPSA) is 70.8 Å². The average Bonchev–Trinajstić information content (AvgIpc) is 2.41. The van der Waals surface area contributed by atoms with E-state index in [1.807, 2.05) is 6.07 Å². The molecule has 0 aliphatic carbocycles. The van der Waals surface area contributed by atoms with Crippen molar-refractivity contribution in [2.75, 3.05) is 5.32 Å². The van der Waals surface area contributed by atoms with Crippen LogP contribution in [-0.2, 0) is 0 Å². The Morgan fingerprint density at radius 3 is 2.57 bits per heavy atom. The van der Waals surface area contributed by atoms with Gasteiger partial charge in [0.15, 0.2) is 11.5 Å². The summed E-state index contributed by atoms with van der Waals surface area (Å²) in [7, 11) is 0. The van der Waals surface area contributed by atoms with Gasteiger partial charge >= 0.3 is 6.36 Å². The van der Waals surface area contributed by atoms with Gasteiger partial charge in [-0.05, 0) is 34.1 Å². The number of nitrogens with one attached hydrogen (secondary N) is 1. The SMILES string of the molecule is N#Cc1nccnc1Nc1ccc(OC(F)(F)F)c(Br)c1. The van der Waals surface area contributed by atoms with E-state index >= 15 is 0 Å². The molecular weight excluding hydrogens is 353 g/mol. The fourth-order valence-electron chi connectivity index (χ4n) is 1.43. The number of hydrogen-bond donors (Lipinski definition) is 1. The van der Waals surface area contributed by atoms with Crippen LogP contribution in [0.4, 0.5) is 24.7 Å². The van der Waals surface area contributed by atoms with E-state index < -0.39 is 6.36 Å². The molecule has 2 rings (SSSR count). The lowest BCUT2D eigenvalue weighted by Crippen LogP contribution is -2.17. The van der Waals surface area contributed by atoms with Crippen LogP contribution in [0.3, 0.4) is 0 Å². The van der Waals surface area contributed by atoms with Crippen LogP contribution in [0.25, 0.3) is 0 Å². The van der Waals surface area contributed by atoms with Gasteiger partial charge in [-0.25, -0.2) is 9.97 Å². The van der Waals surface area contributed by atoms with Crippen LogP contribution in [-0.4, -0.2) is 16.3 Å². The summed E-state index contributed by atoms with van der Waals surface area (Å²) in [4.78, 5) is 7.74. The van der Waals surface area contributed by atoms with Crippen molar-refractivity contribution in [3.63, 3.8) is 0 Å². The van der Waals surface area contributed by atoms with Crippen LogP contribution >= 0.6 is 15.9 Å². The molecule has 1 N–H and O–H groups in total. The third-order valence-electron chi connectivity index (χ3n) is 2.22. The first-order valence-electron chi connectivity index (χ1n) is 5.42. The van der Waals surface area contributed by atoms with E-state index in [9.17, 15) is 13.2 Å². The number of halogens is 4. The summed E-state index contributed by atoms with van der Waals surface area (Å²) in [5.74, 6) is -0.163. The van der Waals surface area contributed by atoms with E-state index in [4.69, 9.17) is 5.26 Å². The number of hydrogen-bond acceptors (Lipinski definition) is 5. The van der Waals surface area contributed by atoms with Gasteiger partial charge in [0, 0.05) is 18.1 Å². The molecule has 0 amide bonds. The summed E-state index contributed by atoms with van der Waals surface area (Å²) in [5.41, 5.74) is 0.498. The van der Waals surface area contributed by atoms with E-state index in [2.05, 4.69) is 36.0 Å². The second-order valence-corrected chi connectivity index (χ2v) is 4.54. The van der Waals surface area contributed by atoms with Gasteiger partial charge in [0.2, 0.25) is 0 Å². The number of benzene rings is 1. The molecular formula is C12H6BrF3N4O. The third kappa shape index (κ3) is 4.06. The van der Waals surface area contributed by atoms with Crippen LogP contribution in [0.2, 0.25) is 0 Å². The van der Waals surface area contributed by atoms with Gasteiger partial charge in [0.25, 0.3) is 0 Å². The summed E-state index contributed by atoms with van der Waals surface area (Å²) >= 11 is 2.98. The Bertz CT molecular complexity index is 700. The summed E-state index contributed by atoms with van der Waals surface area (Å²) in [5, 5.41) is 11.7. The molecule has 1 aromatic heterocycles. The molecule has 0 aliphatic heterocycles. The predicted molar refractivity (Wildman–Crippen MR) is 70.9 cm³/mol. The number of rotatable bonds is 3. The summed E-state index contributed by atoms with van der Waals surface area (Å²) in [6, 6.07) is 5.73. The van der Waals surface area contributed by atoms with Crippen molar-refractivity contribution in [3.8, 4) is 11.8 Å². The van der Waals surface area contributed by atoms with Crippen LogP contribution in [0.15, 0.2) is 35.1 Å². The maximum absolute atomic E-state index is 12.2. The molecule has 2 aromatic rings. The first-order chi connectivity index (χ1) is 9.89. The molecule has 1 heterocycles. The van der Waals surface area contributed by atoms with E-state index in [0.717, 1.165) is 6.07 Å². The molecule has 21 heavy (non-hydrogen) atoms. The number of ether oxygens (including phenoxy) is 1. The van der Waals surface area contributed by atoms with Crippen molar-refractivity contribution >= 4 is 27.4 Å². The number of anilines is 2. The number of alkyl halides is 3. The van der Waals surface area contributed by atoms with Gasteiger partial charge in [-0.15, -0.1) is 13.2 Å². The van der Waals surface area contributed by atoms with Crippen LogP contribution < -0.4 is 10.1 Å². The number of nitriles is 1. The molecule has 5 nitrogen and oxygen atoms in total. The Kier molecular flexibility index (Phi) is 4.28. The zero-order chi connectivity index (χ0) is 15.5. The zero-order valence-corrected chi connectivity index (χ0v) is 11.7. The molecule has 0 bridgehead atoms. The second kappa shape index (κ2) is 5.97. The van der Waals surface area contributed by atoms with Gasteiger partial charge in [-0.3, -0.25) is 0 Å². The minimum atomic E-state index is -4.77. The van der Waals surface area contributed by atoms with E-state index in [0.29, 0.717) is 5.69 Å². The van der Waals surface area contributed by atoms with Crippen molar-refractivity contribution in [1.82, 2.24) is 9.97 Å². The lowest BCUT2D eigenvalue weighted by Gasteiger charge is -2.12. The highest BCUT2D eigenvalue weighted by Crippen LogP contribution is 2.33. The highest BCUT2D eigenvalue weighted by Gasteiger charge is 2.31. The Morgan fingerprint density at radius 1 is 1.24 bits per heavy atom. The van der Waals surface area contributed by atoms with Crippen molar-refractivity contribution in [2.45, 2.75) is 6.36 Å². The molecule has 9 heteroatoms. The van der Waals surface area contributed by atoms with Crippen molar-refractivity contribution in [2.24, 2.45) is 0 Å². The Balaban J connectivity index is 2.23. The van der Waals surface area contributed by atoms with E-state index in [-0.39, 0.29) is 21.7 Å². The largest absolute Gasteiger partial charge is 0.573 e. The Labute approximate surface area is 125 Å². The second-order valence-electron chi connectivity index (χ2n) is 3.68. The lowest BCUT2D eigenvalue weighted by molar-refractivity contribution is -0.274. The van der Waals surface area contributed by atoms with Crippen LogP contribution in [0, 0.1) is 11.3 Å². The van der Waals surface area contributed by atoms with Gasteiger partial charge in [-0.2, -0.15) is 5.26 Å². The summed E-state index contributed by atoms with van der Waals surface area (Å²) < 4.78 is 40.4. The lowest BCUT2D eigenvalue weighted by atomic mass is 10.3. The maximum Gasteiger partial charge on any atom is 0.573 e. The summed E-state index contributed by atoms with van der Waals surface area (Å²) in [6.45, 7) is 0. The van der Waals surface area contributed by atoms with Gasteiger partial charge < -0.3 is 10.1 Å². The summed E-state index contributed by atoms with van der Waals surface area (Å²) in [6.07, 6.45) is -2.02. The first-order valence-corrected chi connectivity index (χ1v) is 6.22. The normalized spacial score (nSPS) is 10.8. The fourth-order valence-corrected chi connectivity index (χ4v) is 1.89. The maximum atomic E-state index is 12.2. The molecule has 0 unspecified atom stereocenters. The van der Waals surface area contributed by atoms with Gasteiger partial charge in [0.1, 0.15) is 11.8 Å². The van der Waals surface area contributed by atoms with Crippen molar-refractivity contribution < 1.29 is 17.9 Å². The highest BCUT2D eigenvalue weighted by molar-refractivity contribution is 9.10. The molecule has 0 aliphatic rings. The quantitative estimate of drug-likeness (QED) is 0.904. The van der Waals surface area contributed by atoms with Gasteiger partial charge in [0.05, 0.1) is 4.47 Å². The molecule has 0 radical (unpaired) electrons. The average molecular weight is 359 g/mol. The highest BCUT2D eigenvalue weighted by atomic mass is 79.9. The number of aromatic nitrogens is 2. The Morgan fingerprint density at radius 2 is 1.95 bits per heavy atom. The molecule has 0 spiro atoms. The monoisotopic (exact) mass is 358 g/mol. The minimum absolute atomic E-state index is 0.0734. The standard InChI is InChI=1S/C12H6BrF3N4O/c13-8-5-7(1-2-10(8)21-12(14,15)16)20-11-9(6-17)18-3-4-19-11/h1-5H,(H,19,20). The van der Waals surface area contributed by atoms with Crippen LogP contribution in [0.1, 0.15) is 5.69 Å². The first kappa shape index (κ1) is 15.1. The zero-order valence-electron chi connectivity index (χ0n) is 10.1. The van der Waals surface area contributed by atoms with Crippen molar-refractivity contribution in [3.05, 3.63) is 40.8 Å². The van der Waals surface area contributed by atoms with Gasteiger partial charge in [-0.1, -0.05) is 0 Å². The van der Waals surface area contributed by atoms with Crippen molar-refractivity contribution in [1.29, 1.82) is 5.26 Å². The molecule has 0 fully saturated rings. The third-order valence-corrected chi connectivity index (χ3v) is 2.84.